The fourth-order valence-electron chi connectivity index (χ4n) is 2.54. The number of hydrogen-bond donors (Lipinski definition) is 2. The van der Waals surface area contributed by atoms with Crippen LogP contribution >= 0.6 is 23.2 Å². The summed E-state index contributed by atoms with van der Waals surface area (Å²) >= 11 is 12.2. The number of aliphatic hydroxyl groups is 1. The number of fused-ring (bicyclic) bond motifs is 1. The minimum absolute atomic E-state index is 0.146. The van der Waals surface area contributed by atoms with Gasteiger partial charge in [-0.2, -0.15) is 0 Å². The normalized spacial score (nSPS) is 19.2. The maximum absolute atomic E-state index is 10.6. The van der Waals surface area contributed by atoms with Crippen molar-refractivity contribution in [3.8, 4) is 0 Å². The zero-order chi connectivity index (χ0) is 13.4. The van der Waals surface area contributed by atoms with Gasteiger partial charge < -0.3 is 10.4 Å². The molecule has 2 unspecified atom stereocenters. The monoisotopic (exact) mass is 293 g/mol. The quantitative estimate of drug-likeness (QED) is 0.881. The van der Waals surface area contributed by atoms with Crippen LogP contribution in [0.25, 0.3) is 0 Å². The number of benzene rings is 2. The fourth-order valence-corrected chi connectivity index (χ4v) is 2.96. The third-order valence-electron chi connectivity index (χ3n) is 3.52. The average molecular weight is 294 g/mol. The Balaban J connectivity index is 1.98. The van der Waals surface area contributed by atoms with Crippen molar-refractivity contribution in [2.24, 2.45) is 0 Å². The Morgan fingerprint density at radius 3 is 2.74 bits per heavy atom. The summed E-state index contributed by atoms with van der Waals surface area (Å²) in [5.41, 5.74) is 2.99. The molecule has 0 saturated heterocycles. The number of nitrogens with one attached hydrogen (secondary N) is 1. The summed E-state index contributed by atoms with van der Waals surface area (Å²) in [4.78, 5) is 0. The standard InChI is InChI=1S/C15H13Cl2NO/c16-12-7-3-6-11(13(12)17)15(19)14-10-5-2-1-4-9(10)8-18-14/h1-7,14-15,18-19H,8H2. The molecule has 1 heterocycles. The Kier molecular flexibility index (Phi) is 3.50. The van der Waals surface area contributed by atoms with Gasteiger partial charge in [-0.15, -0.1) is 0 Å². The van der Waals surface area contributed by atoms with E-state index >= 15 is 0 Å². The van der Waals surface area contributed by atoms with Crippen molar-refractivity contribution in [2.75, 3.05) is 0 Å². The number of halogens is 2. The van der Waals surface area contributed by atoms with E-state index in [1.54, 1.807) is 12.1 Å². The molecule has 0 saturated carbocycles. The van der Waals surface area contributed by atoms with Crippen molar-refractivity contribution in [1.29, 1.82) is 0 Å². The highest BCUT2D eigenvalue weighted by molar-refractivity contribution is 6.42. The molecule has 0 radical (unpaired) electrons. The molecule has 3 rings (SSSR count). The Morgan fingerprint density at radius 2 is 1.89 bits per heavy atom. The minimum atomic E-state index is -0.713. The molecule has 19 heavy (non-hydrogen) atoms. The number of rotatable bonds is 2. The first kappa shape index (κ1) is 12.9. The van der Waals surface area contributed by atoms with Crippen LogP contribution in [-0.4, -0.2) is 5.11 Å². The Hall–Kier alpha value is -1.06. The van der Waals surface area contributed by atoms with E-state index in [1.807, 2.05) is 24.3 Å². The van der Waals surface area contributed by atoms with Crippen LogP contribution in [0.15, 0.2) is 42.5 Å². The molecule has 2 atom stereocenters. The minimum Gasteiger partial charge on any atom is -0.386 e. The molecule has 2 nitrogen and oxygen atoms in total. The number of aliphatic hydroxyl groups excluding tert-OH is 1. The van der Waals surface area contributed by atoms with Crippen LogP contribution in [0.3, 0.4) is 0 Å². The number of hydrogen-bond acceptors (Lipinski definition) is 2. The second-order valence-electron chi connectivity index (χ2n) is 4.65. The first-order valence-corrected chi connectivity index (χ1v) is 6.87. The van der Waals surface area contributed by atoms with Crippen LogP contribution in [0.1, 0.15) is 28.8 Å². The van der Waals surface area contributed by atoms with E-state index in [0.29, 0.717) is 15.6 Å². The second kappa shape index (κ2) is 5.14. The molecule has 0 aromatic heterocycles. The molecule has 98 valence electrons. The molecule has 2 N–H and O–H groups in total. The van der Waals surface area contributed by atoms with Gasteiger partial charge in [0.2, 0.25) is 0 Å². The lowest BCUT2D eigenvalue weighted by Gasteiger charge is -2.21. The smallest absolute Gasteiger partial charge is 0.0999 e. The molecule has 0 bridgehead atoms. The molecule has 0 amide bonds. The molecule has 4 heteroatoms. The summed E-state index contributed by atoms with van der Waals surface area (Å²) in [5, 5.41) is 14.8. The van der Waals surface area contributed by atoms with Gasteiger partial charge in [-0.25, -0.2) is 0 Å². The molecule has 2 aromatic carbocycles. The molecular formula is C15H13Cl2NO. The van der Waals surface area contributed by atoms with Crippen LogP contribution in [-0.2, 0) is 6.54 Å². The third-order valence-corrected chi connectivity index (χ3v) is 4.35. The van der Waals surface area contributed by atoms with Crippen molar-refractivity contribution in [3.63, 3.8) is 0 Å². The Morgan fingerprint density at radius 1 is 1.11 bits per heavy atom. The van der Waals surface area contributed by atoms with Gasteiger partial charge in [0.15, 0.2) is 0 Å². The van der Waals surface area contributed by atoms with Gasteiger partial charge in [-0.1, -0.05) is 59.6 Å². The summed E-state index contributed by atoms with van der Waals surface area (Å²) in [7, 11) is 0. The molecular weight excluding hydrogens is 281 g/mol. The highest BCUT2D eigenvalue weighted by atomic mass is 35.5. The van der Waals surface area contributed by atoms with E-state index in [2.05, 4.69) is 11.4 Å². The lowest BCUT2D eigenvalue weighted by atomic mass is 9.96. The van der Waals surface area contributed by atoms with Gasteiger partial charge in [0.05, 0.1) is 22.2 Å². The highest BCUT2D eigenvalue weighted by Crippen LogP contribution is 2.39. The van der Waals surface area contributed by atoms with E-state index in [9.17, 15) is 5.11 Å². The topological polar surface area (TPSA) is 32.3 Å². The van der Waals surface area contributed by atoms with Gasteiger partial charge >= 0.3 is 0 Å². The second-order valence-corrected chi connectivity index (χ2v) is 5.43. The predicted octanol–water partition coefficient (Wildman–Crippen LogP) is 3.87. The average Bonchev–Trinajstić information content (AvgIpc) is 2.85. The first-order chi connectivity index (χ1) is 9.18. The van der Waals surface area contributed by atoms with Gasteiger partial charge in [0, 0.05) is 12.1 Å². The third kappa shape index (κ3) is 2.26. The van der Waals surface area contributed by atoms with Gasteiger partial charge in [-0.05, 0) is 17.2 Å². The summed E-state index contributed by atoms with van der Waals surface area (Å²) in [6, 6.07) is 13.3. The van der Waals surface area contributed by atoms with E-state index in [0.717, 1.165) is 12.1 Å². The molecule has 1 aliphatic rings. The van der Waals surface area contributed by atoms with E-state index in [4.69, 9.17) is 23.2 Å². The summed E-state index contributed by atoms with van der Waals surface area (Å²) in [6.07, 6.45) is -0.713. The van der Waals surface area contributed by atoms with Crippen molar-refractivity contribution in [1.82, 2.24) is 5.32 Å². The zero-order valence-corrected chi connectivity index (χ0v) is 11.6. The lowest BCUT2D eigenvalue weighted by Crippen LogP contribution is -2.20. The molecule has 0 aliphatic carbocycles. The zero-order valence-electron chi connectivity index (χ0n) is 10.1. The summed E-state index contributed by atoms with van der Waals surface area (Å²) in [6.45, 7) is 0.760. The highest BCUT2D eigenvalue weighted by Gasteiger charge is 2.30. The Bertz CT molecular complexity index is 615. The SMILES string of the molecule is OC(c1cccc(Cl)c1Cl)C1NCc2ccccc21. The van der Waals surface area contributed by atoms with Crippen molar-refractivity contribution in [3.05, 3.63) is 69.2 Å². The van der Waals surface area contributed by atoms with Crippen molar-refractivity contribution in [2.45, 2.75) is 18.7 Å². The Labute approximate surface area is 122 Å². The molecule has 1 aliphatic heterocycles. The van der Waals surface area contributed by atoms with Gasteiger partial charge in [-0.3, -0.25) is 0 Å². The predicted molar refractivity (Wildman–Crippen MR) is 77.4 cm³/mol. The molecule has 2 aromatic rings. The lowest BCUT2D eigenvalue weighted by molar-refractivity contribution is 0.134. The molecule has 0 fully saturated rings. The maximum Gasteiger partial charge on any atom is 0.0999 e. The maximum atomic E-state index is 10.6. The first-order valence-electron chi connectivity index (χ1n) is 6.11. The largest absolute Gasteiger partial charge is 0.386 e. The van der Waals surface area contributed by atoms with Gasteiger partial charge in [0.1, 0.15) is 0 Å². The van der Waals surface area contributed by atoms with Crippen LogP contribution in [0.2, 0.25) is 10.0 Å². The van der Waals surface area contributed by atoms with E-state index < -0.39 is 6.10 Å². The van der Waals surface area contributed by atoms with Gasteiger partial charge in [0.25, 0.3) is 0 Å². The summed E-state index contributed by atoms with van der Waals surface area (Å²) in [5.74, 6) is 0. The van der Waals surface area contributed by atoms with Crippen molar-refractivity contribution >= 4 is 23.2 Å². The van der Waals surface area contributed by atoms with Crippen LogP contribution in [0.4, 0.5) is 0 Å². The van der Waals surface area contributed by atoms with Crippen LogP contribution in [0, 0.1) is 0 Å². The van der Waals surface area contributed by atoms with E-state index in [1.165, 1.54) is 5.56 Å². The summed E-state index contributed by atoms with van der Waals surface area (Å²) < 4.78 is 0. The van der Waals surface area contributed by atoms with Crippen molar-refractivity contribution < 1.29 is 5.11 Å². The van der Waals surface area contributed by atoms with Crippen LogP contribution < -0.4 is 5.32 Å². The van der Waals surface area contributed by atoms with Crippen LogP contribution in [0.5, 0.6) is 0 Å². The fraction of sp³-hybridized carbons (Fsp3) is 0.200. The molecule has 0 spiro atoms. The van der Waals surface area contributed by atoms with E-state index in [-0.39, 0.29) is 6.04 Å².